The highest BCUT2D eigenvalue weighted by Gasteiger charge is 2.24. The van der Waals surface area contributed by atoms with Gasteiger partial charge in [0.1, 0.15) is 16.9 Å². The minimum Gasteiger partial charge on any atom is -0.344 e. The Morgan fingerprint density at radius 2 is 1.94 bits per heavy atom. The van der Waals surface area contributed by atoms with E-state index in [1.165, 1.54) is 5.56 Å². The molecular weight excluding hydrogens is 430 g/mol. The Labute approximate surface area is 188 Å². The van der Waals surface area contributed by atoms with Crippen LogP contribution in [-0.4, -0.2) is 61.7 Å². The SMILES string of the molecule is Cc1ccc(-c2n[nH]c(=S)n2CC(=O)N2CCN(c3nc4cccnc4s3)CC2)cc1. The van der Waals surface area contributed by atoms with Crippen LogP contribution in [0.5, 0.6) is 0 Å². The molecule has 0 atom stereocenters. The lowest BCUT2D eigenvalue weighted by Gasteiger charge is -2.34. The van der Waals surface area contributed by atoms with E-state index in [2.05, 4.69) is 25.1 Å². The maximum atomic E-state index is 13.0. The number of fused-ring (bicyclic) bond motifs is 1. The number of hydrogen-bond donors (Lipinski definition) is 1. The van der Waals surface area contributed by atoms with Gasteiger partial charge in [0.2, 0.25) is 5.91 Å². The molecule has 10 heteroatoms. The standard InChI is InChI=1S/C21H21N7OS2/c1-14-4-6-15(7-5-14)18-24-25-20(30)28(18)13-17(29)26-9-11-27(12-10-26)21-23-16-3-2-8-22-19(16)31-21/h2-8H,9-13H2,1H3,(H,25,30). The van der Waals surface area contributed by atoms with Crippen LogP contribution >= 0.6 is 23.6 Å². The van der Waals surface area contributed by atoms with Crippen molar-refractivity contribution in [1.82, 2.24) is 29.6 Å². The molecule has 0 saturated carbocycles. The van der Waals surface area contributed by atoms with Gasteiger partial charge in [0, 0.05) is 37.9 Å². The first-order valence-corrected chi connectivity index (χ1v) is 11.3. The average Bonchev–Trinajstić information content (AvgIpc) is 3.38. The molecule has 158 valence electrons. The molecule has 4 heterocycles. The van der Waals surface area contributed by atoms with Crippen LogP contribution in [0, 0.1) is 11.7 Å². The van der Waals surface area contributed by atoms with Gasteiger partial charge < -0.3 is 9.80 Å². The number of amides is 1. The van der Waals surface area contributed by atoms with Crippen LogP contribution in [0.3, 0.4) is 0 Å². The summed E-state index contributed by atoms with van der Waals surface area (Å²) >= 11 is 6.98. The molecule has 1 aliphatic heterocycles. The van der Waals surface area contributed by atoms with Gasteiger partial charge in [0.15, 0.2) is 15.7 Å². The van der Waals surface area contributed by atoms with Gasteiger partial charge in [-0.1, -0.05) is 41.2 Å². The first-order chi connectivity index (χ1) is 15.1. The second kappa shape index (κ2) is 8.20. The fraction of sp³-hybridized carbons (Fsp3) is 0.286. The second-order valence-electron chi connectivity index (χ2n) is 7.50. The number of aryl methyl sites for hydroxylation is 1. The van der Waals surface area contributed by atoms with E-state index >= 15 is 0 Å². The highest BCUT2D eigenvalue weighted by atomic mass is 32.1. The third-order valence-electron chi connectivity index (χ3n) is 5.42. The zero-order valence-electron chi connectivity index (χ0n) is 17.0. The summed E-state index contributed by atoms with van der Waals surface area (Å²) in [6.07, 6.45) is 1.78. The van der Waals surface area contributed by atoms with Gasteiger partial charge in [-0.2, -0.15) is 5.10 Å². The number of carbonyl (C=O) groups excluding carboxylic acids is 1. The smallest absolute Gasteiger partial charge is 0.242 e. The van der Waals surface area contributed by atoms with E-state index in [1.54, 1.807) is 22.1 Å². The van der Waals surface area contributed by atoms with Crippen molar-refractivity contribution in [2.24, 2.45) is 0 Å². The Morgan fingerprint density at radius 1 is 1.16 bits per heavy atom. The number of carbonyl (C=O) groups is 1. The van der Waals surface area contributed by atoms with E-state index in [4.69, 9.17) is 12.2 Å². The van der Waals surface area contributed by atoms with Crippen LogP contribution < -0.4 is 4.90 Å². The minimum atomic E-state index is 0.0384. The number of pyridine rings is 1. The van der Waals surface area contributed by atoms with Gasteiger partial charge >= 0.3 is 0 Å². The number of aromatic amines is 1. The van der Waals surface area contributed by atoms with Gasteiger partial charge in [0.25, 0.3) is 0 Å². The highest BCUT2D eigenvalue weighted by Crippen LogP contribution is 2.27. The summed E-state index contributed by atoms with van der Waals surface area (Å²) in [4.78, 5) is 27.1. The van der Waals surface area contributed by atoms with Crippen molar-refractivity contribution in [2.75, 3.05) is 31.1 Å². The number of hydrogen-bond acceptors (Lipinski definition) is 7. The summed E-state index contributed by atoms with van der Waals surface area (Å²) in [6, 6.07) is 11.9. The van der Waals surface area contributed by atoms with Crippen molar-refractivity contribution < 1.29 is 4.79 Å². The van der Waals surface area contributed by atoms with Gasteiger partial charge in [0.05, 0.1) is 0 Å². The molecule has 1 fully saturated rings. The summed E-state index contributed by atoms with van der Waals surface area (Å²) < 4.78 is 2.22. The maximum absolute atomic E-state index is 13.0. The van der Waals surface area contributed by atoms with Crippen LogP contribution in [0.25, 0.3) is 21.7 Å². The van der Waals surface area contributed by atoms with Gasteiger partial charge in [-0.3, -0.25) is 14.5 Å². The number of rotatable bonds is 4. The van der Waals surface area contributed by atoms with E-state index < -0.39 is 0 Å². The third-order valence-corrected chi connectivity index (χ3v) is 6.77. The van der Waals surface area contributed by atoms with Crippen LogP contribution in [0.1, 0.15) is 5.56 Å². The second-order valence-corrected chi connectivity index (χ2v) is 8.84. The van der Waals surface area contributed by atoms with E-state index in [0.717, 1.165) is 34.1 Å². The predicted molar refractivity (Wildman–Crippen MR) is 124 cm³/mol. The monoisotopic (exact) mass is 451 g/mol. The fourth-order valence-corrected chi connectivity index (χ4v) is 4.82. The molecular formula is C21H21N7OS2. The first kappa shape index (κ1) is 19.8. The molecule has 4 aromatic rings. The number of nitrogens with one attached hydrogen (secondary N) is 1. The number of piperazine rings is 1. The number of thiazole rings is 1. The summed E-state index contributed by atoms with van der Waals surface area (Å²) in [5.74, 6) is 0.718. The number of H-pyrrole nitrogens is 1. The molecule has 31 heavy (non-hydrogen) atoms. The molecule has 0 radical (unpaired) electrons. The molecule has 1 amide bonds. The fourth-order valence-electron chi connectivity index (χ4n) is 3.66. The van der Waals surface area contributed by atoms with Crippen LogP contribution in [0.2, 0.25) is 0 Å². The maximum Gasteiger partial charge on any atom is 0.242 e. The molecule has 1 aromatic carbocycles. The van der Waals surface area contributed by atoms with Crippen molar-refractivity contribution >= 4 is 44.9 Å². The third kappa shape index (κ3) is 3.96. The lowest BCUT2D eigenvalue weighted by molar-refractivity contribution is -0.132. The van der Waals surface area contributed by atoms with Gasteiger partial charge in [-0.15, -0.1) is 0 Å². The van der Waals surface area contributed by atoms with Gasteiger partial charge in [-0.25, -0.2) is 9.97 Å². The van der Waals surface area contributed by atoms with Crippen LogP contribution in [0.15, 0.2) is 42.6 Å². The van der Waals surface area contributed by atoms with Crippen molar-refractivity contribution in [2.45, 2.75) is 13.5 Å². The van der Waals surface area contributed by atoms with Crippen molar-refractivity contribution in [3.05, 3.63) is 52.9 Å². The molecule has 1 N–H and O–H groups in total. The Bertz CT molecular complexity index is 1250. The summed E-state index contributed by atoms with van der Waals surface area (Å²) in [6.45, 7) is 4.99. The molecule has 0 aliphatic carbocycles. The quantitative estimate of drug-likeness (QED) is 0.480. The topological polar surface area (TPSA) is 82.9 Å². The lowest BCUT2D eigenvalue weighted by atomic mass is 10.1. The van der Waals surface area contributed by atoms with E-state index in [-0.39, 0.29) is 12.5 Å². The normalized spacial score (nSPS) is 14.4. The molecule has 0 bridgehead atoms. The van der Waals surface area contributed by atoms with Crippen LogP contribution in [-0.2, 0) is 11.3 Å². The molecule has 5 rings (SSSR count). The summed E-state index contributed by atoms with van der Waals surface area (Å²) in [7, 11) is 0. The van der Waals surface area contributed by atoms with Crippen molar-refractivity contribution in [1.29, 1.82) is 0 Å². The van der Waals surface area contributed by atoms with Crippen molar-refractivity contribution in [3.8, 4) is 11.4 Å². The Balaban J connectivity index is 1.27. The molecule has 1 saturated heterocycles. The predicted octanol–water partition coefficient (Wildman–Crippen LogP) is 3.27. The van der Waals surface area contributed by atoms with E-state index in [1.807, 2.05) is 48.2 Å². The molecule has 8 nitrogen and oxygen atoms in total. The average molecular weight is 452 g/mol. The van der Waals surface area contributed by atoms with Crippen LogP contribution in [0.4, 0.5) is 5.13 Å². The number of anilines is 1. The Hall–Kier alpha value is -3.11. The lowest BCUT2D eigenvalue weighted by Crippen LogP contribution is -2.49. The zero-order chi connectivity index (χ0) is 21.4. The number of aromatic nitrogens is 5. The largest absolute Gasteiger partial charge is 0.344 e. The molecule has 3 aromatic heterocycles. The van der Waals surface area contributed by atoms with Gasteiger partial charge in [-0.05, 0) is 31.3 Å². The zero-order valence-corrected chi connectivity index (χ0v) is 18.6. The molecule has 0 spiro atoms. The van der Waals surface area contributed by atoms with E-state index in [0.29, 0.717) is 23.7 Å². The highest BCUT2D eigenvalue weighted by molar-refractivity contribution is 7.71. The Kier molecular flexibility index (Phi) is 5.24. The molecule has 1 aliphatic rings. The summed E-state index contributed by atoms with van der Waals surface area (Å²) in [5, 5.41) is 8.12. The minimum absolute atomic E-state index is 0.0384. The van der Waals surface area contributed by atoms with E-state index in [9.17, 15) is 4.79 Å². The number of nitrogens with zero attached hydrogens (tertiary/aromatic N) is 6. The molecule has 0 unspecified atom stereocenters. The summed E-state index contributed by atoms with van der Waals surface area (Å²) in [5.41, 5.74) is 3.02. The van der Waals surface area contributed by atoms with Crippen molar-refractivity contribution in [3.63, 3.8) is 0 Å². The first-order valence-electron chi connectivity index (χ1n) is 10.0. The Morgan fingerprint density at radius 3 is 2.68 bits per heavy atom. The number of benzene rings is 1.